The highest BCUT2D eigenvalue weighted by Crippen LogP contribution is 2.36. The van der Waals surface area contributed by atoms with Crippen LogP contribution in [0.15, 0.2) is 48.1 Å². The first kappa shape index (κ1) is 11.8. The van der Waals surface area contributed by atoms with Gasteiger partial charge in [-0.25, -0.2) is 0 Å². The fourth-order valence-corrected chi connectivity index (χ4v) is 2.17. The third kappa shape index (κ3) is 1.96. The molecular weight excluding hydrogens is 212 g/mol. The molecule has 0 radical (unpaired) electrons. The van der Waals surface area contributed by atoms with E-state index in [4.69, 9.17) is 4.74 Å². The molecule has 0 heterocycles. The van der Waals surface area contributed by atoms with E-state index in [2.05, 4.69) is 0 Å². The molecule has 1 atom stereocenters. The first-order chi connectivity index (χ1) is 8.08. The van der Waals surface area contributed by atoms with Crippen LogP contribution in [0.5, 0.6) is 0 Å². The highest BCUT2D eigenvalue weighted by molar-refractivity contribution is 6.01. The number of hydrogen-bond acceptors (Lipinski definition) is 2. The third-order valence-electron chi connectivity index (χ3n) is 3.23. The Morgan fingerprint density at radius 2 is 1.76 bits per heavy atom. The highest BCUT2D eigenvalue weighted by atomic mass is 16.5. The molecule has 2 nitrogen and oxygen atoms in total. The predicted octanol–water partition coefficient (Wildman–Crippen LogP) is 2.92. The Bertz CT molecular complexity index is 494. The Morgan fingerprint density at radius 3 is 2.29 bits per heavy atom. The number of allylic oxidation sites excluding steroid dienone is 2. The second-order valence-electron chi connectivity index (χ2n) is 4.37. The number of rotatable bonds is 2. The Labute approximate surface area is 102 Å². The van der Waals surface area contributed by atoms with Gasteiger partial charge >= 0.3 is 0 Å². The number of ketones is 1. The van der Waals surface area contributed by atoms with Crippen LogP contribution in [0.4, 0.5) is 0 Å². The van der Waals surface area contributed by atoms with Gasteiger partial charge in [0.15, 0.2) is 5.78 Å². The molecule has 0 fully saturated rings. The Morgan fingerprint density at radius 1 is 1.12 bits per heavy atom. The molecule has 1 aliphatic carbocycles. The molecule has 88 valence electrons. The average Bonchev–Trinajstić information content (AvgIpc) is 2.31. The lowest BCUT2D eigenvalue weighted by molar-refractivity contribution is -0.111. The summed E-state index contributed by atoms with van der Waals surface area (Å²) in [6.07, 6.45) is 5.02. The molecule has 0 bridgehead atoms. The summed E-state index contributed by atoms with van der Waals surface area (Å²) in [6, 6.07) is 8.17. The topological polar surface area (TPSA) is 26.3 Å². The SMILES string of the molecule is COC1(c2ccc(C)cc2)C=CC(=O)C=C1C. The van der Waals surface area contributed by atoms with Crippen molar-refractivity contribution in [2.24, 2.45) is 0 Å². The van der Waals surface area contributed by atoms with Crippen molar-refractivity contribution in [3.05, 3.63) is 59.2 Å². The molecule has 17 heavy (non-hydrogen) atoms. The molecule has 0 saturated heterocycles. The maximum absolute atomic E-state index is 11.3. The van der Waals surface area contributed by atoms with E-state index < -0.39 is 5.60 Å². The van der Waals surface area contributed by atoms with Gasteiger partial charge in [0.05, 0.1) is 0 Å². The van der Waals surface area contributed by atoms with E-state index in [1.54, 1.807) is 19.3 Å². The van der Waals surface area contributed by atoms with Gasteiger partial charge in [0, 0.05) is 7.11 Å². The lowest BCUT2D eigenvalue weighted by atomic mass is 9.82. The molecule has 1 aromatic carbocycles. The molecule has 0 N–H and O–H groups in total. The van der Waals surface area contributed by atoms with Crippen molar-refractivity contribution in [2.75, 3.05) is 7.11 Å². The van der Waals surface area contributed by atoms with Crippen LogP contribution in [-0.4, -0.2) is 12.9 Å². The summed E-state index contributed by atoms with van der Waals surface area (Å²) in [5, 5.41) is 0. The van der Waals surface area contributed by atoms with Crippen molar-refractivity contribution in [3.63, 3.8) is 0 Å². The number of hydrogen-bond donors (Lipinski definition) is 0. The number of carbonyl (C=O) groups excluding carboxylic acids is 1. The van der Waals surface area contributed by atoms with Crippen LogP contribution in [0, 0.1) is 6.92 Å². The molecule has 0 aromatic heterocycles. The summed E-state index contributed by atoms with van der Waals surface area (Å²) in [7, 11) is 1.66. The van der Waals surface area contributed by atoms with Crippen LogP contribution >= 0.6 is 0 Å². The number of methoxy groups -OCH3 is 1. The maximum Gasteiger partial charge on any atom is 0.178 e. The van der Waals surface area contributed by atoms with Crippen LogP contribution in [0.2, 0.25) is 0 Å². The summed E-state index contributed by atoms with van der Waals surface area (Å²) >= 11 is 0. The quantitative estimate of drug-likeness (QED) is 0.778. The van der Waals surface area contributed by atoms with Gasteiger partial charge in [-0.1, -0.05) is 29.8 Å². The van der Waals surface area contributed by atoms with Gasteiger partial charge < -0.3 is 4.74 Å². The molecular formula is C15H16O2. The Kier molecular flexibility index (Phi) is 2.99. The second kappa shape index (κ2) is 4.30. The first-order valence-electron chi connectivity index (χ1n) is 5.63. The zero-order valence-corrected chi connectivity index (χ0v) is 10.4. The number of carbonyl (C=O) groups is 1. The minimum Gasteiger partial charge on any atom is -0.365 e. The molecule has 2 heteroatoms. The number of ether oxygens (including phenoxy) is 1. The minimum absolute atomic E-state index is 0.0160. The van der Waals surface area contributed by atoms with E-state index in [9.17, 15) is 4.79 Å². The monoisotopic (exact) mass is 228 g/mol. The first-order valence-corrected chi connectivity index (χ1v) is 5.63. The van der Waals surface area contributed by atoms with Crippen LogP contribution in [0.1, 0.15) is 18.1 Å². The minimum atomic E-state index is -0.596. The highest BCUT2D eigenvalue weighted by Gasteiger charge is 2.33. The molecule has 0 saturated carbocycles. The fourth-order valence-electron chi connectivity index (χ4n) is 2.17. The van der Waals surface area contributed by atoms with Crippen LogP contribution < -0.4 is 0 Å². The van der Waals surface area contributed by atoms with Gasteiger partial charge in [0.25, 0.3) is 0 Å². The van der Waals surface area contributed by atoms with E-state index in [-0.39, 0.29) is 5.78 Å². The standard InChI is InChI=1S/C15H16O2/c1-11-4-6-13(7-5-11)15(17-3)9-8-14(16)10-12(15)2/h4-10H,1-3H3. The predicted molar refractivity (Wildman–Crippen MR) is 67.8 cm³/mol. The summed E-state index contributed by atoms with van der Waals surface area (Å²) in [5.74, 6) is 0.0160. The molecule has 0 aliphatic heterocycles. The lowest BCUT2D eigenvalue weighted by Gasteiger charge is -2.32. The van der Waals surface area contributed by atoms with Gasteiger partial charge in [0.2, 0.25) is 0 Å². The van der Waals surface area contributed by atoms with Crippen LogP contribution in [0.3, 0.4) is 0 Å². The van der Waals surface area contributed by atoms with Crippen LogP contribution in [0.25, 0.3) is 0 Å². The van der Waals surface area contributed by atoms with Crippen LogP contribution in [-0.2, 0) is 15.1 Å². The smallest absolute Gasteiger partial charge is 0.178 e. The van der Waals surface area contributed by atoms with Crippen molar-refractivity contribution in [1.82, 2.24) is 0 Å². The third-order valence-corrected chi connectivity index (χ3v) is 3.23. The molecule has 1 aromatic rings. The average molecular weight is 228 g/mol. The van der Waals surface area contributed by atoms with Crippen molar-refractivity contribution < 1.29 is 9.53 Å². The number of benzene rings is 1. The molecule has 0 spiro atoms. The Hall–Kier alpha value is -1.67. The van der Waals surface area contributed by atoms with Gasteiger partial charge in [-0.15, -0.1) is 0 Å². The molecule has 1 unspecified atom stereocenters. The van der Waals surface area contributed by atoms with Crippen molar-refractivity contribution in [1.29, 1.82) is 0 Å². The van der Waals surface area contributed by atoms with E-state index in [1.165, 1.54) is 5.56 Å². The summed E-state index contributed by atoms with van der Waals surface area (Å²) < 4.78 is 5.66. The van der Waals surface area contributed by atoms with Crippen molar-refractivity contribution in [3.8, 4) is 0 Å². The molecule has 2 rings (SSSR count). The zero-order valence-electron chi connectivity index (χ0n) is 10.4. The summed E-state index contributed by atoms with van der Waals surface area (Å²) in [4.78, 5) is 11.3. The van der Waals surface area contributed by atoms with E-state index >= 15 is 0 Å². The lowest BCUT2D eigenvalue weighted by Crippen LogP contribution is -2.30. The van der Waals surface area contributed by atoms with Crippen molar-refractivity contribution in [2.45, 2.75) is 19.4 Å². The zero-order chi connectivity index (χ0) is 12.5. The second-order valence-corrected chi connectivity index (χ2v) is 4.37. The molecule has 1 aliphatic rings. The molecule has 0 amide bonds. The van der Waals surface area contributed by atoms with E-state index in [0.717, 1.165) is 11.1 Å². The maximum atomic E-state index is 11.3. The normalized spacial score (nSPS) is 23.7. The largest absolute Gasteiger partial charge is 0.365 e. The van der Waals surface area contributed by atoms with Gasteiger partial charge in [-0.2, -0.15) is 0 Å². The van der Waals surface area contributed by atoms with Gasteiger partial charge in [-0.3, -0.25) is 4.79 Å². The van der Waals surface area contributed by atoms with Crippen molar-refractivity contribution >= 4 is 5.78 Å². The van der Waals surface area contributed by atoms with E-state index in [0.29, 0.717) is 0 Å². The van der Waals surface area contributed by atoms with Gasteiger partial charge in [0.1, 0.15) is 5.60 Å². The van der Waals surface area contributed by atoms with Gasteiger partial charge in [-0.05, 0) is 43.2 Å². The fraction of sp³-hybridized carbons (Fsp3) is 0.267. The summed E-state index contributed by atoms with van der Waals surface area (Å²) in [5.41, 5.74) is 2.57. The number of aryl methyl sites for hydroxylation is 1. The van der Waals surface area contributed by atoms with E-state index in [1.807, 2.05) is 44.2 Å². The Balaban J connectivity index is 2.52. The summed E-state index contributed by atoms with van der Waals surface area (Å²) in [6.45, 7) is 3.97.